The first-order valence-electron chi connectivity index (χ1n) is 6.55. The van der Waals surface area contributed by atoms with E-state index in [0.717, 1.165) is 5.56 Å². The van der Waals surface area contributed by atoms with Gasteiger partial charge in [-0.15, -0.1) is 0 Å². The molecule has 1 aromatic carbocycles. The average molecular weight is 284 g/mol. The molecule has 0 aromatic heterocycles. The maximum absolute atomic E-state index is 12.9. The predicted molar refractivity (Wildman–Crippen MR) is 70.9 cm³/mol. The number of hydrogen-bond acceptors (Lipinski definition) is 4. The van der Waals surface area contributed by atoms with Gasteiger partial charge in [0.1, 0.15) is 0 Å². The summed E-state index contributed by atoms with van der Waals surface area (Å²) < 4.78 is 30.3. The Kier molecular flexibility index (Phi) is 5.03. The van der Waals surface area contributed by atoms with E-state index in [1.807, 2.05) is 0 Å². The number of methoxy groups -OCH3 is 1. The van der Waals surface area contributed by atoms with Crippen molar-refractivity contribution < 1.29 is 18.3 Å². The van der Waals surface area contributed by atoms with Crippen molar-refractivity contribution >= 4 is 5.97 Å². The molecule has 0 amide bonds. The van der Waals surface area contributed by atoms with Crippen LogP contribution in [0.25, 0.3) is 0 Å². The van der Waals surface area contributed by atoms with E-state index in [4.69, 9.17) is 0 Å². The third-order valence-corrected chi connectivity index (χ3v) is 3.45. The monoisotopic (exact) mass is 284 g/mol. The minimum Gasteiger partial charge on any atom is -0.465 e. The highest BCUT2D eigenvalue weighted by Crippen LogP contribution is 2.23. The maximum atomic E-state index is 12.9. The lowest BCUT2D eigenvalue weighted by atomic mass is 9.99. The van der Waals surface area contributed by atoms with E-state index in [2.05, 4.69) is 15.4 Å². The number of carbonyl (C=O) groups excluding carboxylic acids is 1. The van der Waals surface area contributed by atoms with E-state index in [9.17, 15) is 13.6 Å². The Bertz CT molecular complexity index is 451. The number of esters is 1. The van der Waals surface area contributed by atoms with Gasteiger partial charge in [0.2, 0.25) is 0 Å². The largest absolute Gasteiger partial charge is 0.465 e. The van der Waals surface area contributed by atoms with E-state index < -0.39 is 18.4 Å². The number of benzene rings is 1. The molecule has 1 fully saturated rings. The second-order valence-electron chi connectivity index (χ2n) is 4.75. The number of ether oxygens (including phenoxy) is 1. The van der Waals surface area contributed by atoms with Crippen molar-refractivity contribution in [2.45, 2.75) is 24.9 Å². The number of alkyl halides is 2. The Morgan fingerprint density at radius 2 is 1.90 bits per heavy atom. The van der Waals surface area contributed by atoms with Gasteiger partial charge >= 0.3 is 5.97 Å². The van der Waals surface area contributed by atoms with Crippen molar-refractivity contribution in [2.24, 2.45) is 0 Å². The zero-order valence-electron chi connectivity index (χ0n) is 11.2. The molecule has 110 valence electrons. The molecule has 0 saturated carbocycles. The first kappa shape index (κ1) is 14.9. The Morgan fingerprint density at radius 3 is 2.50 bits per heavy atom. The summed E-state index contributed by atoms with van der Waals surface area (Å²) in [5.41, 5.74) is 1.35. The SMILES string of the molecule is COC(=O)c1ccc(C2CC(C(F)F)NCCN2)cc1. The normalized spacial score (nSPS) is 23.4. The van der Waals surface area contributed by atoms with Crippen molar-refractivity contribution in [3.8, 4) is 0 Å². The number of rotatable bonds is 3. The van der Waals surface area contributed by atoms with Crippen molar-refractivity contribution in [2.75, 3.05) is 20.2 Å². The highest BCUT2D eigenvalue weighted by molar-refractivity contribution is 5.89. The summed E-state index contributed by atoms with van der Waals surface area (Å²) in [6.45, 7) is 1.15. The Labute approximate surface area is 116 Å². The second kappa shape index (κ2) is 6.76. The molecule has 2 rings (SSSR count). The van der Waals surface area contributed by atoms with E-state index >= 15 is 0 Å². The van der Waals surface area contributed by atoms with Gasteiger partial charge in [-0.2, -0.15) is 0 Å². The Balaban J connectivity index is 2.11. The second-order valence-corrected chi connectivity index (χ2v) is 4.75. The Hall–Kier alpha value is -1.53. The zero-order chi connectivity index (χ0) is 14.5. The fraction of sp³-hybridized carbons (Fsp3) is 0.500. The summed E-state index contributed by atoms with van der Waals surface area (Å²) in [7, 11) is 1.32. The van der Waals surface area contributed by atoms with Crippen LogP contribution in [-0.2, 0) is 4.74 Å². The van der Waals surface area contributed by atoms with Crippen LogP contribution >= 0.6 is 0 Å². The summed E-state index contributed by atoms with van der Waals surface area (Å²) in [6.07, 6.45) is -2.07. The lowest BCUT2D eigenvalue weighted by molar-refractivity contribution is 0.0600. The lowest BCUT2D eigenvalue weighted by Gasteiger charge is -2.20. The van der Waals surface area contributed by atoms with Gasteiger partial charge in [0, 0.05) is 19.1 Å². The van der Waals surface area contributed by atoms with Crippen LogP contribution in [0, 0.1) is 0 Å². The van der Waals surface area contributed by atoms with Crippen LogP contribution in [0.3, 0.4) is 0 Å². The van der Waals surface area contributed by atoms with Gasteiger partial charge < -0.3 is 15.4 Å². The van der Waals surface area contributed by atoms with Crippen molar-refractivity contribution in [3.05, 3.63) is 35.4 Å². The number of hydrogen-bond donors (Lipinski definition) is 2. The Morgan fingerprint density at radius 1 is 1.25 bits per heavy atom. The molecule has 2 atom stereocenters. The summed E-state index contributed by atoms with van der Waals surface area (Å²) in [5, 5.41) is 6.07. The van der Waals surface area contributed by atoms with Crippen LogP contribution in [0.4, 0.5) is 8.78 Å². The van der Waals surface area contributed by atoms with Gasteiger partial charge in [-0.05, 0) is 24.1 Å². The summed E-state index contributed by atoms with van der Waals surface area (Å²) in [5.74, 6) is -0.405. The van der Waals surface area contributed by atoms with Crippen molar-refractivity contribution in [3.63, 3.8) is 0 Å². The first-order chi connectivity index (χ1) is 9.61. The highest BCUT2D eigenvalue weighted by atomic mass is 19.3. The molecule has 0 bridgehead atoms. The fourth-order valence-electron chi connectivity index (χ4n) is 2.34. The molecule has 6 heteroatoms. The van der Waals surface area contributed by atoms with Gasteiger partial charge in [0.05, 0.1) is 18.7 Å². The topological polar surface area (TPSA) is 50.4 Å². The van der Waals surface area contributed by atoms with Gasteiger partial charge in [-0.25, -0.2) is 13.6 Å². The quantitative estimate of drug-likeness (QED) is 0.830. The smallest absolute Gasteiger partial charge is 0.337 e. The van der Waals surface area contributed by atoms with Crippen molar-refractivity contribution in [1.29, 1.82) is 0 Å². The summed E-state index contributed by atoms with van der Waals surface area (Å²) >= 11 is 0. The molecule has 4 nitrogen and oxygen atoms in total. The average Bonchev–Trinajstić information content (AvgIpc) is 2.72. The molecule has 0 radical (unpaired) electrons. The number of nitrogens with one attached hydrogen (secondary N) is 2. The standard InChI is InChI=1S/C14H18F2N2O2/c1-20-14(19)10-4-2-9(3-5-10)11-8-12(13(15)16)18-7-6-17-11/h2-5,11-13,17-18H,6-8H2,1H3. The van der Waals surface area contributed by atoms with Crippen LogP contribution < -0.4 is 10.6 Å². The van der Waals surface area contributed by atoms with Crippen molar-refractivity contribution in [1.82, 2.24) is 10.6 Å². The maximum Gasteiger partial charge on any atom is 0.337 e. The molecule has 2 unspecified atom stereocenters. The van der Waals surface area contributed by atoms with E-state index in [-0.39, 0.29) is 6.04 Å². The lowest BCUT2D eigenvalue weighted by Crippen LogP contribution is -2.36. The minimum atomic E-state index is -2.38. The van der Waals surface area contributed by atoms with Crippen LogP contribution in [0.5, 0.6) is 0 Å². The van der Waals surface area contributed by atoms with E-state index in [0.29, 0.717) is 25.1 Å². The van der Waals surface area contributed by atoms with Crippen LogP contribution in [0.2, 0.25) is 0 Å². The molecule has 1 saturated heterocycles. The van der Waals surface area contributed by atoms with Gasteiger partial charge in [-0.1, -0.05) is 12.1 Å². The van der Waals surface area contributed by atoms with Crippen LogP contribution in [0.1, 0.15) is 28.4 Å². The molecule has 20 heavy (non-hydrogen) atoms. The molecule has 1 heterocycles. The first-order valence-corrected chi connectivity index (χ1v) is 6.55. The fourth-order valence-corrected chi connectivity index (χ4v) is 2.34. The van der Waals surface area contributed by atoms with E-state index in [1.165, 1.54) is 7.11 Å². The van der Waals surface area contributed by atoms with E-state index in [1.54, 1.807) is 24.3 Å². The third kappa shape index (κ3) is 3.52. The van der Waals surface area contributed by atoms with Crippen LogP contribution in [0.15, 0.2) is 24.3 Å². The van der Waals surface area contributed by atoms with Gasteiger partial charge in [0.15, 0.2) is 0 Å². The highest BCUT2D eigenvalue weighted by Gasteiger charge is 2.27. The summed E-state index contributed by atoms with van der Waals surface area (Å²) in [4.78, 5) is 11.4. The van der Waals surface area contributed by atoms with Gasteiger partial charge in [0.25, 0.3) is 6.43 Å². The summed E-state index contributed by atoms with van der Waals surface area (Å²) in [6, 6.07) is 5.90. The van der Waals surface area contributed by atoms with Crippen LogP contribution in [-0.4, -0.2) is 38.6 Å². The number of carbonyl (C=O) groups is 1. The molecular weight excluding hydrogens is 266 g/mol. The number of halogens is 2. The molecule has 2 N–H and O–H groups in total. The third-order valence-electron chi connectivity index (χ3n) is 3.45. The molecule has 1 aliphatic heterocycles. The molecule has 0 spiro atoms. The predicted octanol–water partition coefficient (Wildman–Crippen LogP) is 1.73. The molecule has 1 aromatic rings. The van der Waals surface area contributed by atoms with Gasteiger partial charge in [-0.3, -0.25) is 0 Å². The molecular formula is C14H18F2N2O2. The molecule has 0 aliphatic carbocycles. The molecule has 1 aliphatic rings. The zero-order valence-corrected chi connectivity index (χ0v) is 11.2. The minimum absolute atomic E-state index is 0.143.